The van der Waals surface area contributed by atoms with Gasteiger partial charge in [-0.3, -0.25) is 0 Å². The summed E-state index contributed by atoms with van der Waals surface area (Å²) < 4.78 is 6.86. The molecule has 0 spiro atoms. The van der Waals surface area contributed by atoms with Crippen LogP contribution in [0.5, 0.6) is 11.5 Å². The molecule has 0 atom stereocenters. The fourth-order valence-electron chi connectivity index (χ4n) is 1.57. The van der Waals surface area contributed by atoms with Gasteiger partial charge in [0.1, 0.15) is 11.5 Å². The van der Waals surface area contributed by atoms with E-state index in [4.69, 9.17) is 27.9 Å². The van der Waals surface area contributed by atoms with E-state index in [0.29, 0.717) is 16.7 Å². The molecule has 0 aliphatic heterocycles. The molecule has 0 N–H and O–H groups in total. The van der Waals surface area contributed by atoms with Gasteiger partial charge in [0, 0.05) is 10.0 Å². The van der Waals surface area contributed by atoms with E-state index in [2.05, 4.69) is 15.9 Å². The van der Waals surface area contributed by atoms with Crippen LogP contribution in [0.3, 0.4) is 0 Å². The number of alkyl halides is 1. The van der Waals surface area contributed by atoms with E-state index in [9.17, 15) is 0 Å². The van der Waals surface area contributed by atoms with Crippen LogP contribution >= 0.6 is 39.1 Å². The van der Waals surface area contributed by atoms with E-state index in [1.807, 2.05) is 37.3 Å². The minimum Gasteiger partial charge on any atom is -0.455 e. The van der Waals surface area contributed by atoms with Crippen molar-refractivity contribution in [1.29, 1.82) is 0 Å². The molecule has 1 nitrogen and oxygen atoms in total. The molecule has 2 rings (SSSR count). The Hall–Kier alpha value is -0.700. The van der Waals surface area contributed by atoms with Gasteiger partial charge in [-0.25, -0.2) is 0 Å². The highest BCUT2D eigenvalue weighted by Gasteiger charge is 2.10. The monoisotopic (exact) mass is 344 g/mol. The van der Waals surface area contributed by atoms with Crippen molar-refractivity contribution in [2.24, 2.45) is 0 Å². The van der Waals surface area contributed by atoms with Crippen molar-refractivity contribution in [2.45, 2.75) is 12.8 Å². The molecule has 0 saturated carbocycles. The van der Waals surface area contributed by atoms with Crippen molar-refractivity contribution in [3.63, 3.8) is 0 Å². The van der Waals surface area contributed by atoms with Gasteiger partial charge in [0.05, 0.1) is 10.9 Å². The van der Waals surface area contributed by atoms with Crippen LogP contribution in [0.1, 0.15) is 11.1 Å². The lowest BCUT2D eigenvalue weighted by Gasteiger charge is -2.13. The fourth-order valence-corrected chi connectivity index (χ4v) is 2.35. The third-order valence-electron chi connectivity index (χ3n) is 2.55. The third kappa shape index (κ3) is 3.00. The average molecular weight is 346 g/mol. The lowest BCUT2D eigenvalue weighted by molar-refractivity contribution is 0.474. The second-order valence-corrected chi connectivity index (χ2v) is 5.46. The summed E-state index contributed by atoms with van der Waals surface area (Å²) in [6, 6.07) is 11.4. The molecular weight excluding hydrogens is 335 g/mol. The molecule has 0 aliphatic rings. The number of hydrogen-bond donors (Lipinski definition) is 0. The fraction of sp³-hybridized carbons (Fsp3) is 0.143. The molecule has 0 unspecified atom stereocenters. The molecule has 0 radical (unpaired) electrons. The summed E-state index contributed by atoms with van der Waals surface area (Å²) in [6.45, 7) is 1.99. The normalized spacial score (nSPS) is 10.4. The molecule has 2 aromatic carbocycles. The highest BCUT2D eigenvalue weighted by atomic mass is 79.9. The first-order valence-corrected chi connectivity index (χ1v) is 7.09. The van der Waals surface area contributed by atoms with E-state index in [1.54, 1.807) is 6.07 Å². The molecule has 0 amide bonds. The summed E-state index contributed by atoms with van der Waals surface area (Å²) in [6.07, 6.45) is 0. The predicted octanol–water partition coefficient (Wildman–Crippen LogP) is 5.94. The van der Waals surface area contributed by atoms with E-state index < -0.39 is 0 Å². The second-order valence-electron chi connectivity index (χ2n) is 3.87. The molecule has 0 bridgehead atoms. The Balaban J connectivity index is 2.42. The van der Waals surface area contributed by atoms with Gasteiger partial charge in [0.15, 0.2) is 0 Å². The zero-order chi connectivity index (χ0) is 13.1. The number of benzene rings is 2. The first-order chi connectivity index (χ1) is 8.61. The van der Waals surface area contributed by atoms with Gasteiger partial charge in [-0.2, -0.15) is 0 Å². The Bertz CT molecular complexity index is 570. The molecule has 18 heavy (non-hydrogen) atoms. The van der Waals surface area contributed by atoms with Crippen LogP contribution in [-0.4, -0.2) is 0 Å². The van der Waals surface area contributed by atoms with Gasteiger partial charge in [0.2, 0.25) is 0 Å². The van der Waals surface area contributed by atoms with Crippen molar-refractivity contribution >= 4 is 39.1 Å². The molecule has 0 aliphatic carbocycles. The zero-order valence-corrected chi connectivity index (χ0v) is 12.8. The zero-order valence-electron chi connectivity index (χ0n) is 9.71. The predicted molar refractivity (Wildman–Crippen MR) is 80.0 cm³/mol. The minimum atomic E-state index is 0.364. The third-order valence-corrected chi connectivity index (χ3v) is 3.63. The highest BCUT2D eigenvalue weighted by molar-refractivity contribution is 9.10. The van der Waals surface area contributed by atoms with Crippen LogP contribution in [0.15, 0.2) is 40.9 Å². The average Bonchev–Trinajstić information content (AvgIpc) is 2.36. The Morgan fingerprint density at radius 3 is 2.72 bits per heavy atom. The first kappa shape index (κ1) is 13.7. The SMILES string of the molecule is Cc1ccc(Br)cc1Oc1c(Cl)cccc1CCl. The van der Waals surface area contributed by atoms with Crippen LogP contribution in [0, 0.1) is 6.92 Å². The lowest BCUT2D eigenvalue weighted by atomic mass is 10.2. The van der Waals surface area contributed by atoms with Crippen LogP contribution in [0.2, 0.25) is 5.02 Å². The van der Waals surface area contributed by atoms with Crippen molar-refractivity contribution in [2.75, 3.05) is 0 Å². The maximum absolute atomic E-state index is 6.15. The summed E-state index contributed by atoms with van der Waals surface area (Å²) in [7, 11) is 0. The maximum atomic E-state index is 6.15. The molecule has 4 heteroatoms. The Morgan fingerprint density at radius 1 is 1.22 bits per heavy atom. The number of rotatable bonds is 3. The Labute approximate surface area is 125 Å². The van der Waals surface area contributed by atoms with Crippen LogP contribution in [0.25, 0.3) is 0 Å². The van der Waals surface area contributed by atoms with Gasteiger partial charge in [0.25, 0.3) is 0 Å². The van der Waals surface area contributed by atoms with E-state index in [1.165, 1.54) is 0 Å². The van der Waals surface area contributed by atoms with E-state index in [-0.39, 0.29) is 0 Å². The van der Waals surface area contributed by atoms with Crippen molar-refractivity contribution < 1.29 is 4.74 Å². The smallest absolute Gasteiger partial charge is 0.150 e. The topological polar surface area (TPSA) is 9.23 Å². The van der Waals surface area contributed by atoms with Crippen LogP contribution in [-0.2, 0) is 5.88 Å². The number of halogens is 3. The van der Waals surface area contributed by atoms with Crippen LogP contribution in [0.4, 0.5) is 0 Å². The molecule has 0 aromatic heterocycles. The van der Waals surface area contributed by atoms with Gasteiger partial charge >= 0.3 is 0 Å². The molecule has 94 valence electrons. The van der Waals surface area contributed by atoms with Gasteiger partial charge in [-0.1, -0.05) is 45.7 Å². The van der Waals surface area contributed by atoms with E-state index >= 15 is 0 Å². The Morgan fingerprint density at radius 2 is 2.00 bits per heavy atom. The molecule has 2 aromatic rings. The lowest BCUT2D eigenvalue weighted by Crippen LogP contribution is -1.92. The molecule has 0 fully saturated rings. The maximum Gasteiger partial charge on any atom is 0.150 e. The number of para-hydroxylation sites is 1. The Kier molecular flexibility index (Phi) is 4.55. The molecule has 0 saturated heterocycles. The van der Waals surface area contributed by atoms with E-state index in [0.717, 1.165) is 21.3 Å². The summed E-state index contributed by atoms with van der Waals surface area (Å²) in [5.41, 5.74) is 1.92. The largest absolute Gasteiger partial charge is 0.455 e. The summed E-state index contributed by atoms with van der Waals surface area (Å²) >= 11 is 15.5. The standard InChI is InChI=1S/C14H11BrCl2O/c1-9-5-6-11(15)7-13(9)18-14-10(8-16)3-2-4-12(14)17/h2-7H,8H2,1H3. The summed E-state index contributed by atoms with van der Waals surface area (Å²) in [5, 5.41) is 0.563. The van der Waals surface area contributed by atoms with Gasteiger partial charge < -0.3 is 4.74 Å². The van der Waals surface area contributed by atoms with Crippen LogP contribution < -0.4 is 4.74 Å². The van der Waals surface area contributed by atoms with Crippen molar-refractivity contribution in [3.05, 3.63) is 57.0 Å². The number of aryl methyl sites for hydroxylation is 1. The second kappa shape index (κ2) is 5.96. The van der Waals surface area contributed by atoms with Crippen molar-refractivity contribution in [3.8, 4) is 11.5 Å². The number of hydrogen-bond acceptors (Lipinski definition) is 1. The van der Waals surface area contributed by atoms with Gasteiger partial charge in [-0.05, 0) is 30.7 Å². The number of ether oxygens (including phenoxy) is 1. The first-order valence-electron chi connectivity index (χ1n) is 5.39. The highest BCUT2D eigenvalue weighted by Crippen LogP contribution is 2.36. The van der Waals surface area contributed by atoms with Gasteiger partial charge in [-0.15, -0.1) is 11.6 Å². The minimum absolute atomic E-state index is 0.364. The molecular formula is C14H11BrCl2O. The van der Waals surface area contributed by atoms with Crippen molar-refractivity contribution in [1.82, 2.24) is 0 Å². The summed E-state index contributed by atoms with van der Waals surface area (Å²) in [4.78, 5) is 0. The summed E-state index contributed by atoms with van der Waals surface area (Å²) in [5.74, 6) is 1.75. The quantitative estimate of drug-likeness (QED) is 0.625. The molecule has 0 heterocycles.